The molecule has 0 rings (SSSR count). The summed E-state index contributed by atoms with van der Waals surface area (Å²) in [7, 11) is 0. The van der Waals surface area contributed by atoms with Crippen LogP contribution in [-0.4, -0.2) is 64.0 Å². The number of nitrogens with one attached hydrogen (secondary N) is 3. The summed E-state index contributed by atoms with van der Waals surface area (Å²) in [6, 6.07) is -4.21. The zero-order valence-corrected chi connectivity index (χ0v) is 20.4. The fourth-order valence-corrected chi connectivity index (χ4v) is 3.14. The molecule has 0 saturated carbocycles. The van der Waals surface area contributed by atoms with Crippen LogP contribution in [0, 0.1) is 17.8 Å². The monoisotopic (exact) mass is 472 g/mol. The van der Waals surface area contributed by atoms with E-state index in [-0.39, 0.29) is 18.3 Å². The number of carboxylic acid groups (broad SMARTS) is 2. The summed E-state index contributed by atoms with van der Waals surface area (Å²) in [6.45, 7) is 10.9. The minimum atomic E-state index is -1.41. The van der Waals surface area contributed by atoms with Crippen LogP contribution >= 0.6 is 0 Å². The molecule has 0 radical (unpaired) electrons. The minimum Gasteiger partial charge on any atom is -0.481 e. The van der Waals surface area contributed by atoms with Gasteiger partial charge in [0.05, 0.1) is 6.04 Å². The molecular weight excluding hydrogens is 432 g/mol. The lowest BCUT2D eigenvalue weighted by molar-refractivity contribution is -0.143. The largest absolute Gasteiger partial charge is 0.481 e. The third kappa shape index (κ3) is 11.1. The number of carboxylic acids is 2. The van der Waals surface area contributed by atoms with Crippen LogP contribution in [0.3, 0.4) is 0 Å². The third-order valence-electron chi connectivity index (χ3n) is 5.36. The van der Waals surface area contributed by atoms with Gasteiger partial charge in [-0.15, -0.1) is 0 Å². The molecule has 0 aliphatic heterocycles. The Morgan fingerprint density at radius 2 is 1.33 bits per heavy atom. The van der Waals surface area contributed by atoms with Crippen LogP contribution in [0.15, 0.2) is 0 Å². The van der Waals surface area contributed by atoms with E-state index >= 15 is 0 Å². The molecule has 0 spiro atoms. The van der Waals surface area contributed by atoms with E-state index in [4.69, 9.17) is 10.8 Å². The molecule has 0 aromatic rings. The van der Waals surface area contributed by atoms with Crippen LogP contribution < -0.4 is 21.7 Å². The second-order valence-electron chi connectivity index (χ2n) is 9.17. The lowest BCUT2D eigenvalue weighted by atomic mass is 9.95. The highest BCUT2D eigenvalue weighted by molar-refractivity contribution is 5.94. The van der Waals surface area contributed by atoms with Gasteiger partial charge in [0, 0.05) is 6.42 Å². The molecule has 5 unspecified atom stereocenters. The second kappa shape index (κ2) is 14.5. The van der Waals surface area contributed by atoms with Crippen molar-refractivity contribution in [2.75, 3.05) is 0 Å². The number of carbonyl (C=O) groups is 5. The minimum absolute atomic E-state index is 0.193. The Balaban J connectivity index is 5.46. The van der Waals surface area contributed by atoms with Crippen molar-refractivity contribution < 1.29 is 34.2 Å². The molecule has 5 atom stereocenters. The zero-order chi connectivity index (χ0) is 25.9. The molecule has 7 N–H and O–H groups in total. The van der Waals surface area contributed by atoms with E-state index in [1.807, 2.05) is 20.8 Å². The molecule has 11 nitrogen and oxygen atoms in total. The normalized spacial score (nSPS) is 15.8. The number of rotatable bonds is 15. The maximum Gasteiger partial charge on any atom is 0.326 e. The Bertz CT molecular complexity index is 696. The Labute approximate surface area is 195 Å². The van der Waals surface area contributed by atoms with Crippen molar-refractivity contribution >= 4 is 29.7 Å². The maximum atomic E-state index is 13.0. The first kappa shape index (κ1) is 30.3. The van der Waals surface area contributed by atoms with E-state index in [0.29, 0.717) is 12.8 Å². The first-order chi connectivity index (χ1) is 15.2. The number of aliphatic carboxylic acids is 2. The van der Waals surface area contributed by atoms with Gasteiger partial charge >= 0.3 is 11.9 Å². The molecule has 0 aliphatic carbocycles. The summed E-state index contributed by atoms with van der Waals surface area (Å²) >= 11 is 0. The number of nitrogens with two attached hydrogens (primary N) is 1. The molecule has 190 valence electrons. The second-order valence-corrected chi connectivity index (χ2v) is 9.17. The molecule has 0 aromatic carbocycles. The van der Waals surface area contributed by atoms with Gasteiger partial charge in [0.25, 0.3) is 0 Å². The van der Waals surface area contributed by atoms with Gasteiger partial charge in [-0.1, -0.05) is 48.0 Å². The highest BCUT2D eigenvalue weighted by atomic mass is 16.4. The molecular formula is C22H40N4O7. The number of carbonyl (C=O) groups excluding carboxylic acids is 3. The van der Waals surface area contributed by atoms with Crippen molar-refractivity contribution in [1.29, 1.82) is 0 Å². The van der Waals surface area contributed by atoms with Gasteiger partial charge in [0.15, 0.2) is 0 Å². The zero-order valence-electron chi connectivity index (χ0n) is 20.4. The summed E-state index contributed by atoms with van der Waals surface area (Å²) in [5.41, 5.74) is 5.93. The molecule has 33 heavy (non-hydrogen) atoms. The van der Waals surface area contributed by atoms with E-state index in [0.717, 1.165) is 0 Å². The Hall–Kier alpha value is -2.69. The first-order valence-electron chi connectivity index (χ1n) is 11.3. The van der Waals surface area contributed by atoms with Crippen LogP contribution in [0.4, 0.5) is 0 Å². The van der Waals surface area contributed by atoms with E-state index in [2.05, 4.69) is 16.0 Å². The van der Waals surface area contributed by atoms with Crippen molar-refractivity contribution in [3.8, 4) is 0 Å². The van der Waals surface area contributed by atoms with E-state index in [9.17, 15) is 29.1 Å². The SMILES string of the molecule is CCC(C)C(NC(=O)C(N)CC(C)C)C(=O)NC(C(=O)NC(CCC(=O)O)C(=O)O)C(C)C. The van der Waals surface area contributed by atoms with Crippen molar-refractivity contribution in [2.24, 2.45) is 23.5 Å². The van der Waals surface area contributed by atoms with Crippen LogP contribution in [0.2, 0.25) is 0 Å². The highest BCUT2D eigenvalue weighted by Crippen LogP contribution is 2.12. The van der Waals surface area contributed by atoms with Crippen molar-refractivity contribution in [3.63, 3.8) is 0 Å². The topological polar surface area (TPSA) is 188 Å². The standard InChI is InChI=1S/C22H40N4O7/c1-7-13(6)18(26-19(29)14(23)10-11(2)3)21(31)25-17(12(4)5)20(30)24-15(22(32)33)8-9-16(27)28/h11-15,17-18H,7-10,23H2,1-6H3,(H,24,30)(H,25,31)(H,26,29)(H,27,28)(H,32,33). The van der Waals surface area contributed by atoms with Crippen LogP contribution in [0.5, 0.6) is 0 Å². The molecule has 3 amide bonds. The van der Waals surface area contributed by atoms with E-state index in [1.54, 1.807) is 20.8 Å². The van der Waals surface area contributed by atoms with Gasteiger partial charge in [0.2, 0.25) is 17.7 Å². The van der Waals surface area contributed by atoms with Gasteiger partial charge in [-0.2, -0.15) is 0 Å². The van der Waals surface area contributed by atoms with E-state index < -0.39 is 66.2 Å². The fourth-order valence-electron chi connectivity index (χ4n) is 3.14. The molecule has 0 heterocycles. The smallest absolute Gasteiger partial charge is 0.326 e. The van der Waals surface area contributed by atoms with Crippen LogP contribution in [-0.2, 0) is 24.0 Å². The average Bonchev–Trinajstić information content (AvgIpc) is 2.70. The lowest BCUT2D eigenvalue weighted by Crippen LogP contribution is -2.59. The third-order valence-corrected chi connectivity index (χ3v) is 5.36. The van der Waals surface area contributed by atoms with Gasteiger partial charge in [0.1, 0.15) is 18.1 Å². The van der Waals surface area contributed by atoms with Gasteiger partial charge in [-0.25, -0.2) is 4.79 Å². The fraction of sp³-hybridized carbons (Fsp3) is 0.773. The lowest BCUT2D eigenvalue weighted by Gasteiger charge is -2.29. The highest BCUT2D eigenvalue weighted by Gasteiger charge is 2.33. The van der Waals surface area contributed by atoms with Gasteiger partial charge in [-0.05, 0) is 30.6 Å². The predicted octanol–water partition coefficient (Wildman–Crippen LogP) is 0.466. The van der Waals surface area contributed by atoms with Gasteiger partial charge < -0.3 is 31.9 Å². The summed E-state index contributed by atoms with van der Waals surface area (Å²) < 4.78 is 0. The van der Waals surface area contributed by atoms with Crippen molar-refractivity contribution in [2.45, 2.75) is 91.4 Å². The predicted molar refractivity (Wildman–Crippen MR) is 122 cm³/mol. The molecule has 0 aliphatic rings. The Morgan fingerprint density at radius 1 is 0.818 bits per heavy atom. The first-order valence-corrected chi connectivity index (χ1v) is 11.3. The average molecular weight is 473 g/mol. The molecule has 0 aromatic heterocycles. The summed E-state index contributed by atoms with van der Waals surface area (Å²) in [4.78, 5) is 60.5. The molecule has 11 heteroatoms. The van der Waals surface area contributed by atoms with Gasteiger partial charge in [-0.3, -0.25) is 19.2 Å². The van der Waals surface area contributed by atoms with Crippen molar-refractivity contribution in [3.05, 3.63) is 0 Å². The van der Waals surface area contributed by atoms with Crippen LogP contribution in [0.25, 0.3) is 0 Å². The number of hydrogen-bond donors (Lipinski definition) is 6. The summed E-state index contributed by atoms with van der Waals surface area (Å²) in [5, 5.41) is 25.7. The van der Waals surface area contributed by atoms with Crippen molar-refractivity contribution in [1.82, 2.24) is 16.0 Å². The molecule has 0 fully saturated rings. The number of hydrogen-bond acceptors (Lipinski definition) is 6. The maximum absolute atomic E-state index is 13.0. The van der Waals surface area contributed by atoms with Crippen LogP contribution in [0.1, 0.15) is 67.2 Å². The van der Waals surface area contributed by atoms with E-state index in [1.165, 1.54) is 0 Å². The quantitative estimate of drug-likeness (QED) is 0.198. The Morgan fingerprint density at radius 3 is 1.76 bits per heavy atom. The molecule has 0 saturated heterocycles. The summed E-state index contributed by atoms with van der Waals surface area (Å²) in [5.74, 6) is -4.82. The Kier molecular flexibility index (Phi) is 13.3. The molecule has 0 bridgehead atoms. The summed E-state index contributed by atoms with van der Waals surface area (Å²) in [6.07, 6.45) is 0.292. The number of amides is 3.